The van der Waals surface area contributed by atoms with Gasteiger partial charge in [0.05, 0.1) is 11.0 Å². The topological polar surface area (TPSA) is 105 Å². The number of aliphatic hydroxyl groups is 1. The van der Waals surface area contributed by atoms with E-state index in [-0.39, 0.29) is 53.0 Å². The normalized spacial score (nSPS) is 48.2. The van der Waals surface area contributed by atoms with Crippen LogP contribution < -0.4 is 5.73 Å². The first-order valence-corrected chi connectivity index (χ1v) is 35.2. The molecule has 17 atom stereocenters. The third-order valence-corrected chi connectivity index (χ3v) is 30.6. The molecule has 12 aliphatic carbocycles. The number of aliphatic hydroxyl groups excluding tert-OH is 1. The van der Waals surface area contributed by atoms with Gasteiger partial charge in [0.2, 0.25) is 0 Å². The number of hydrogen-bond donors (Lipinski definition) is 2. The van der Waals surface area contributed by atoms with Crippen molar-refractivity contribution in [3.8, 4) is 0 Å². The highest BCUT2D eigenvalue weighted by Gasteiger charge is 2.94. The Labute approximate surface area is 489 Å². The van der Waals surface area contributed by atoms with Crippen molar-refractivity contribution < 1.29 is 24.2 Å². The van der Waals surface area contributed by atoms with Crippen LogP contribution in [0.25, 0.3) is 0 Å². The lowest BCUT2D eigenvalue weighted by atomic mass is 9.26. The van der Waals surface area contributed by atoms with E-state index in [9.17, 15) is 5.11 Å². The highest BCUT2D eigenvalue weighted by molar-refractivity contribution is 6.00. The molecule has 21 aliphatic rings. The van der Waals surface area contributed by atoms with Crippen LogP contribution in [0.2, 0.25) is 0 Å². The van der Waals surface area contributed by atoms with E-state index in [4.69, 9.17) is 15.2 Å². The molecular weight excluding hydrogens is 1010 g/mol. The van der Waals surface area contributed by atoms with Gasteiger partial charge in [0.1, 0.15) is 11.2 Å². The molecule has 8 nitrogen and oxygen atoms in total. The average molecular weight is 1110 g/mol. The minimum absolute atomic E-state index is 0.0470. The Morgan fingerprint density at radius 2 is 1.54 bits per heavy atom. The lowest BCUT2D eigenvalue weighted by Crippen LogP contribution is -2.78. The Kier molecular flexibility index (Phi) is 10.7. The van der Waals surface area contributed by atoms with Crippen LogP contribution in [0.4, 0.5) is 0 Å². The number of nitrogens with zero attached hydrogens (tertiary/aromatic N) is 2. The zero-order valence-electron chi connectivity index (χ0n) is 49.6. The molecular formula is C74H95N3O5. The van der Waals surface area contributed by atoms with Crippen LogP contribution in [-0.4, -0.2) is 65.1 Å². The lowest BCUT2D eigenvalue weighted by molar-refractivity contribution is -0.283. The van der Waals surface area contributed by atoms with Crippen LogP contribution in [0.5, 0.6) is 0 Å². The van der Waals surface area contributed by atoms with E-state index in [0.717, 1.165) is 50.0 Å². The Hall–Kier alpha value is -3.62. The first-order chi connectivity index (χ1) is 40.1. The molecule has 22 rings (SSSR count). The molecule has 1 aromatic carbocycles. The standard InChI is InChI=1S/C74H95N3O5/c75-34-11-16-46-15-10-17-54-60(46)66(79)82-74(54)59-37-47(45-13-2-1-3-14-45)18-20-52-51-22-32-68(24-4-5-25-68)55-36-48-19-21-56-49-35-44-41-76(43-49)57(50-39-70(28-8-9-29-70)71(40-50)31-12-30-69(71)26-6-7-27-69)38-58(78)65-72(74)33-23-53(63(52)73(59,72)67(80)81-65)62(61(51)55)64(48)77(56)42-44/h10,15,17-18,20,22,32,44-45,47,49-52,55-57,59,61-62,78H,1-9,11-14,16,19,21,23-31,33-43,75H2/b20-18-,65-58+/t44-,47+,49+,50-,51-,52-,55+,56+,57-,59-,61+,62-,71-,72+,73+,74+/m0/s1. The first-order valence-electron chi connectivity index (χ1n) is 35.2. The number of ether oxygens (including phenoxy) is 2. The summed E-state index contributed by atoms with van der Waals surface area (Å²) < 4.78 is 15.1. The Balaban J connectivity index is 0.875. The molecule has 7 saturated carbocycles. The minimum atomic E-state index is -1.16. The van der Waals surface area contributed by atoms with Gasteiger partial charge >= 0.3 is 11.9 Å². The van der Waals surface area contributed by atoms with Crippen LogP contribution in [0.15, 0.2) is 76.4 Å². The number of piperidine rings is 2. The van der Waals surface area contributed by atoms with E-state index in [0.29, 0.717) is 101 Å². The fourth-order valence-corrected chi connectivity index (χ4v) is 28.5. The fraction of sp³-hybridized carbons (Fsp3) is 0.757. The molecule has 7 spiro atoms. The molecule has 0 radical (unpaired) electrons. The van der Waals surface area contributed by atoms with Crippen LogP contribution >= 0.6 is 0 Å². The Morgan fingerprint density at radius 1 is 0.732 bits per heavy atom. The second-order valence-corrected chi connectivity index (χ2v) is 32.6. The number of carbonyl (C=O) groups excluding carboxylic acids is 2. The molecule has 1 aromatic rings. The van der Waals surface area contributed by atoms with Crippen molar-refractivity contribution >= 4 is 11.9 Å². The van der Waals surface area contributed by atoms with E-state index in [1.165, 1.54) is 173 Å². The number of nitrogens with two attached hydrogens (primary N) is 1. The molecule has 436 valence electrons. The summed E-state index contributed by atoms with van der Waals surface area (Å²) in [6.45, 7) is 3.93. The summed E-state index contributed by atoms with van der Waals surface area (Å²) in [5, 5.41) is 14.3. The fourth-order valence-electron chi connectivity index (χ4n) is 28.5. The zero-order valence-corrected chi connectivity index (χ0v) is 49.6. The van der Waals surface area contributed by atoms with Gasteiger partial charge in [-0.25, -0.2) is 4.79 Å². The second-order valence-electron chi connectivity index (χ2n) is 32.6. The summed E-state index contributed by atoms with van der Waals surface area (Å²) in [6.07, 6.45) is 49.9. The van der Waals surface area contributed by atoms with Gasteiger partial charge in [0.15, 0.2) is 11.4 Å². The molecule has 8 heteroatoms. The number of fused-ring (bicyclic) bond motifs is 7. The molecule has 1 unspecified atom stereocenters. The van der Waals surface area contributed by atoms with Gasteiger partial charge in [0, 0.05) is 67.2 Å². The Bertz CT molecular complexity index is 3100. The summed E-state index contributed by atoms with van der Waals surface area (Å²) in [6, 6.07) is 7.27. The van der Waals surface area contributed by atoms with Crippen molar-refractivity contribution in [2.24, 2.45) is 103 Å². The molecule has 3 N–H and O–H groups in total. The lowest BCUT2D eigenvalue weighted by Gasteiger charge is -2.74. The summed E-state index contributed by atoms with van der Waals surface area (Å²) >= 11 is 0. The van der Waals surface area contributed by atoms with Crippen LogP contribution in [-0.2, 0) is 26.3 Å². The molecule has 82 heavy (non-hydrogen) atoms. The SMILES string of the molecule is NCCCc1cccc2c1C(=O)O[C@@]21[C@H]2C[C@H](C3CCCCC3)/C=C\[C@@H]3C4=C5CC[C@]16/C(=C(\O)C[C@@H]([C@H]1CC7(CCCC7)[C@@]7(CCCC78CCCC8)C1)N1C[C@@H]7C[C@H](C1)[C@H]1CCC8=C([C@@H]5[C@@H]5[C@H]3C=CC3(CCCC3)[C@@H]5C8)N1C7)OC(=O)[C@]426. The van der Waals surface area contributed by atoms with Gasteiger partial charge in [-0.15, -0.1) is 0 Å². The zero-order chi connectivity index (χ0) is 54.3. The maximum absolute atomic E-state index is 17.1. The van der Waals surface area contributed by atoms with Crippen molar-refractivity contribution in [2.75, 3.05) is 26.2 Å². The highest BCUT2D eigenvalue weighted by atomic mass is 16.6. The maximum Gasteiger partial charge on any atom is 0.339 e. The molecule has 10 fully saturated rings. The van der Waals surface area contributed by atoms with Gasteiger partial charge < -0.3 is 25.2 Å². The number of esters is 2. The summed E-state index contributed by atoms with van der Waals surface area (Å²) in [5.41, 5.74) is 13.7. The van der Waals surface area contributed by atoms with Crippen molar-refractivity contribution in [1.82, 2.24) is 9.80 Å². The Morgan fingerprint density at radius 3 is 2.37 bits per heavy atom. The van der Waals surface area contributed by atoms with Gasteiger partial charge in [-0.2, -0.15) is 0 Å². The number of aryl methyl sites for hydroxylation is 1. The predicted octanol–water partition coefficient (Wildman–Crippen LogP) is 14.9. The summed E-state index contributed by atoms with van der Waals surface area (Å²) in [5.74, 6) is 4.30. The highest BCUT2D eigenvalue weighted by Crippen LogP contribution is 2.89. The van der Waals surface area contributed by atoms with Gasteiger partial charge in [-0.05, 0) is 222 Å². The quantitative estimate of drug-likeness (QED) is 0.222. The van der Waals surface area contributed by atoms with Crippen LogP contribution in [0.3, 0.4) is 0 Å². The van der Waals surface area contributed by atoms with E-state index < -0.39 is 16.4 Å². The van der Waals surface area contributed by atoms with E-state index in [2.05, 4.69) is 52.3 Å². The minimum Gasteiger partial charge on any atom is -0.509 e. The van der Waals surface area contributed by atoms with Crippen molar-refractivity contribution in [3.05, 3.63) is 93.1 Å². The van der Waals surface area contributed by atoms with Gasteiger partial charge in [-0.1, -0.05) is 118 Å². The first kappa shape index (κ1) is 50.5. The largest absolute Gasteiger partial charge is 0.509 e. The van der Waals surface area contributed by atoms with Gasteiger partial charge in [-0.3, -0.25) is 9.69 Å². The number of carbonyl (C=O) groups is 2. The smallest absolute Gasteiger partial charge is 0.339 e. The summed E-state index contributed by atoms with van der Waals surface area (Å²) in [7, 11) is 0. The average Bonchev–Trinajstić information content (AvgIpc) is 1.86. The third-order valence-electron chi connectivity index (χ3n) is 30.6. The summed E-state index contributed by atoms with van der Waals surface area (Å²) in [4.78, 5) is 38.9. The van der Waals surface area contributed by atoms with Crippen molar-refractivity contribution in [1.29, 1.82) is 0 Å². The van der Waals surface area contributed by atoms with Crippen molar-refractivity contribution in [2.45, 2.75) is 223 Å². The molecule has 9 heterocycles. The third kappa shape index (κ3) is 5.85. The van der Waals surface area contributed by atoms with E-state index in [1.807, 2.05) is 0 Å². The number of benzene rings is 1. The molecule has 9 aliphatic heterocycles. The predicted molar refractivity (Wildman–Crippen MR) is 316 cm³/mol. The maximum atomic E-state index is 17.1. The van der Waals surface area contributed by atoms with Crippen LogP contribution in [0.1, 0.15) is 221 Å². The number of rotatable bonds is 5. The van der Waals surface area contributed by atoms with Crippen LogP contribution in [0, 0.1) is 97.6 Å². The van der Waals surface area contributed by atoms with Gasteiger partial charge in [0.25, 0.3) is 0 Å². The van der Waals surface area contributed by atoms with E-state index >= 15 is 9.59 Å². The molecule has 0 amide bonds. The monoisotopic (exact) mass is 1110 g/mol. The second kappa shape index (κ2) is 17.3. The number of allylic oxidation sites excluding steroid dienone is 6. The van der Waals surface area contributed by atoms with Crippen molar-refractivity contribution in [3.63, 3.8) is 0 Å². The molecule has 0 aromatic heterocycles. The van der Waals surface area contributed by atoms with E-state index in [1.54, 1.807) is 16.8 Å². The number of hydrogen-bond acceptors (Lipinski definition) is 8. The molecule has 3 saturated heterocycles. The molecule has 12 bridgehead atoms.